The number of carbonyl (C=O) groups is 1. The zero-order chi connectivity index (χ0) is 15.9. The lowest BCUT2D eigenvalue weighted by Crippen LogP contribution is -2.27. The quantitative estimate of drug-likeness (QED) is 0.658. The third-order valence-corrected chi connectivity index (χ3v) is 3.14. The van der Waals surface area contributed by atoms with Crippen molar-refractivity contribution in [2.45, 2.75) is 12.8 Å². The van der Waals surface area contributed by atoms with Crippen molar-refractivity contribution in [3.8, 4) is 0 Å². The molecule has 1 amide bonds. The highest BCUT2D eigenvalue weighted by Crippen LogP contribution is 2.12. The van der Waals surface area contributed by atoms with Crippen molar-refractivity contribution in [3.05, 3.63) is 75.6 Å². The van der Waals surface area contributed by atoms with Crippen molar-refractivity contribution in [1.82, 2.24) is 5.32 Å². The van der Waals surface area contributed by atoms with Gasteiger partial charge in [-0.05, 0) is 29.7 Å². The third kappa shape index (κ3) is 4.66. The molecule has 0 fully saturated rings. The molecule has 0 spiro atoms. The van der Waals surface area contributed by atoms with E-state index < -0.39 is 4.92 Å². The number of nitro groups is 1. The predicted octanol–water partition coefficient (Wildman–Crippen LogP) is 2.64. The first-order valence-corrected chi connectivity index (χ1v) is 6.79. The molecule has 0 aliphatic heterocycles. The van der Waals surface area contributed by atoms with E-state index in [-0.39, 0.29) is 23.8 Å². The zero-order valence-electron chi connectivity index (χ0n) is 11.8. The maximum absolute atomic E-state index is 13.0. The van der Waals surface area contributed by atoms with E-state index in [9.17, 15) is 19.3 Å². The largest absolute Gasteiger partial charge is 0.355 e. The summed E-state index contributed by atoms with van der Waals surface area (Å²) in [7, 11) is 0. The van der Waals surface area contributed by atoms with Crippen molar-refractivity contribution in [3.63, 3.8) is 0 Å². The Kier molecular flexibility index (Phi) is 5.19. The van der Waals surface area contributed by atoms with Crippen LogP contribution >= 0.6 is 0 Å². The molecule has 2 aromatic rings. The molecule has 0 aromatic heterocycles. The van der Waals surface area contributed by atoms with Crippen molar-refractivity contribution in [2.24, 2.45) is 0 Å². The van der Waals surface area contributed by atoms with Gasteiger partial charge < -0.3 is 5.32 Å². The van der Waals surface area contributed by atoms with Crippen molar-refractivity contribution in [1.29, 1.82) is 0 Å². The first-order valence-electron chi connectivity index (χ1n) is 6.79. The van der Waals surface area contributed by atoms with Crippen LogP contribution in [0.1, 0.15) is 11.1 Å². The molecule has 0 aliphatic carbocycles. The zero-order valence-corrected chi connectivity index (χ0v) is 11.8. The Balaban J connectivity index is 1.79. The van der Waals surface area contributed by atoms with Crippen LogP contribution in [-0.4, -0.2) is 17.4 Å². The summed E-state index contributed by atoms with van der Waals surface area (Å²) >= 11 is 0. The smallest absolute Gasteiger partial charge is 0.269 e. The van der Waals surface area contributed by atoms with Crippen LogP contribution in [0.5, 0.6) is 0 Å². The molecule has 6 heteroatoms. The lowest BCUT2D eigenvalue weighted by molar-refractivity contribution is -0.384. The van der Waals surface area contributed by atoms with Crippen LogP contribution in [0.3, 0.4) is 0 Å². The van der Waals surface area contributed by atoms with Gasteiger partial charge in [0.1, 0.15) is 5.82 Å². The normalized spacial score (nSPS) is 10.2. The van der Waals surface area contributed by atoms with Gasteiger partial charge in [-0.2, -0.15) is 0 Å². The van der Waals surface area contributed by atoms with E-state index >= 15 is 0 Å². The van der Waals surface area contributed by atoms with E-state index in [0.29, 0.717) is 18.5 Å². The number of nitrogens with zero attached hydrogens (tertiary/aromatic N) is 1. The number of nitrogens with one attached hydrogen (secondary N) is 1. The topological polar surface area (TPSA) is 72.2 Å². The van der Waals surface area contributed by atoms with Crippen LogP contribution < -0.4 is 5.32 Å². The second-order valence-electron chi connectivity index (χ2n) is 4.83. The fourth-order valence-electron chi connectivity index (χ4n) is 2.02. The van der Waals surface area contributed by atoms with Crippen molar-refractivity contribution >= 4 is 11.6 Å². The van der Waals surface area contributed by atoms with E-state index in [1.807, 2.05) is 0 Å². The van der Waals surface area contributed by atoms with Crippen LogP contribution in [0.15, 0.2) is 48.5 Å². The predicted molar refractivity (Wildman–Crippen MR) is 79.9 cm³/mol. The molecule has 22 heavy (non-hydrogen) atoms. The van der Waals surface area contributed by atoms with Crippen molar-refractivity contribution in [2.75, 3.05) is 6.54 Å². The van der Waals surface area contributed by atoms with E-state index in [1.165, 1.54) is 24.3 Å². The minimum Gasteiger partial charge on any atom is -0.355 e. The van der Waals surface area contributed by atoms with Crippen LogP contribution in [0, 0.1) is 15.9 Å². The summed E-state index contributed by atoms with van der Waals surface area (Å²) in [6, 6.07) is 12.1. The Hall–Kier alpha value is -2.76. The molecular formula is C16H15FN2O3. The molecule has 5 nitrogen and oxygen atoms in total. The summed E-state index contributed by atoms with van der Waals surface area (Å²) in [5, 5.41) is 13.3. The summed E-state index contributed by atoms with van der Waals surface area (Å²) in [5.74, 6) is -0.472. The summed E-state index contributed by atoms with van der Waals surface area (Å²) in [4.78, 5) is 21.8. The molecule has 1 N–H and O–H groups in total. The fraction of sp³-hybridized carbons (Fsp3) is 0.188. The second-order valence-corrected chi connectivity index (χ2v) is 4.83. The number of nitro benzene ring substituents is 1. The Morgan fingerprint density at radius 1 is 1.14 bits per heavy atom. The molecular weight excluding hydrogens is 287 g/mol. The van der Waals surface area contributed by atoms with Crippen LogP contribution in [0.2, 0.25) is 0 Å². The highest BCUT2D eigenvalue weighted by Gasteiger charge is 2.07. The Labute approximate surface area is 126 Å². The van der Waals surface area contributed by atoms with Gasteiger partial charge in [0.05, 0.1) is 11.3 Å². The van der Waals surface area contributed by atoms with Gasteiger partial charge in [-0.1, -0.05) is 24.3 Å². The van der Waals surface area contributed by atoms with E-state index in [1.54, 1.807) is 24.3 Å². The average Bonchev–Trinajstić information content (AvgIpc) is 2.48. The number of amides is 1. The molecule has 2 aromatic carbocycles. The molecule has 0 aliphatic rings. The minimum atomic E-state index is -0.483. The highest BCUT2D eigenvalue weighted by atomic mass is 19.1. The molecule has 0 radical (unpaired) electrons. The van der Waals surface area contributed by atoms with Gasteiger partial charge in [0, 0.05) is 18.7 Å². The summed E-state index contributed by atoms with van der Waals surface area (Å²) in [6.07, 6.45) is 0.699. The van der Waals surface area contributed by atoms with Gasteiger partial charge in [0.2, 0.25) is 5.91 Å². The molecule has 0 bridgehead atoms. The molecule has 0 saturated carbocycles. The van der Waals surface area contributed by atoms with Gasteiger partial charge in [-0.3, -0.25) is 14.9 Å². The number of hydrogen-bond acceptors (Lipinski definition) is 3. The second kappa shape index (κ2) is 7.31. The van der Waals surface area contributed by atoms with Crippen LogP contribution in [-0.2, 0) is 17.6 Å². The summed E-state index contributed by atoms with van der Waals surface area (Å²) < 4.78 is 13.0. The first kappa shape index (κ1) is 15.6. The number of hydrogen-bond donors (Lipinski definition) is 1. The Bertz CT molecular complexity index is 671. The maximum atomic E-state index is 13.0. The van der Waals surface area contributed by atoms with E-state index in [2.05, 4.69) is 5.32 Å². The standard InChI is InChI=1S/C16H15FN2O3/c17-14-3-1-2-12(10-14)8-9-18-16(20)11-13-4-6-15(7-5-13)19(21)22/h1-7,10H,8-9,11H2,(H,18,20). The van der Waals surface area contributed by atoms with Gasteiger partial charge in [-0.15, -0.1) is 0 Å². The number of non-ortho nitro benzene ring substituents is 1. The van der Waals surface area contributed by atoms with Crippen LogP contribution in [0.4, 0.5) is 10.1 Å². The van der Waals surface area contributed by atoms with Gasteiger partial charge >= 0.3 is 0 Å². The first-order chi connectivity index (χ1) is 10.5. The van der Waals surface area contributed by atoms with E-state index in [0.717, 1.165) is 5.56 Å². The lowest BCUT2D eigenvalue weighted by atomic mass is 10.1. The Morgan fingerprint density at radius 2 is 1.86 bits per heavy atom. The number of halogens is 1. The SMILES string of the molecule is O=C(Cc1ccc([N+](=O)[O-])cc1)NCCc1cccc(F)c1. The monoisotopic (exact) mass is 302 g/mol. The number of rotatable bonds is 6. The average molecular weight is 302 g/mol. The third-order valence-electron chi connectivity index (χ3n) is 3.14. The van der Waals surface area contributed by atoms with Gasteiger partial charge in [0.15, 0.2) is 0 Å². The molecule has 0 unspecified atom stereocenters. The molecule has 2 rings (SSSR count). The molecule has 0 atom stereocenters. The van der Waals surface area contributed by atoms with Crippen LogP contribution in [0.25, 0.3) is 0 Å². The Morgan fingerprint density at radius 3 is 2.50 bits per heavy atom. The minimum absolute atomic E-state index is 0.00439. The fourth-order valence-corrected chi connectivity index (χ4v) is 2.02. The van der Waals surface area contributed by atoms with Gasteiger partial charge in [0.25, 0.3) is 5.69 Å². The summed E-state index contributed by atoms with van der Waals surface area (Å²) in [5.41, 5.74) is 1.51. The van der Waals surface area contributed by atoms with E-state index in [4.69, 9.17) is 0 Å². The highest BCUT2D eigenvalue weighted by molar-refractivity contribution is 5.78. The van der Waals surface area contributed by atoms with Gasteiger partial charge in [-0.25, -0.2) is 4.39 Å². The molecule has 114 valence electrons. The maximum Gasteiger partial charge on any atom is 0.269 e. The molecule has 0 heterocycles. The number of benzene rings is 2. The molecule has 0 saturated heterocycles. The van der Waals surface area contributed by atoms with Crippen molar-refractivity contribution < 1.29 is 14.1 Å². The number of carbonyl (C=O) groups excluding carboxylic acids is 1. The summed E-state index contributed by atoms with van der Waals surface area (Å²) in [6.45, 7) is 0.412. The lowest BCUT2D eigenvalue weighted by Gasteiger charge is -2.06.